The standard InChI is InChI=1S/C12H18N2O3S/c1-3-17-8-11(15)14-10(12(16)13-2)7-9-5-4-6-18-9/h4-6,10H,3,7-8H2,1-2H3,(H,13,16)(H,14,15)/t10-/m0/s1. The maximum absolute atomic E-state index is 11.7. The van der Waals surface area contributed by atoms with E-state index >= 15 is 0 Å². The van der Waals surface area contributed by atoms with Crippen molar-refractivity contribution >= 4 is 23.2 Å². The highest BCUT2D eigenvalue weighted by Crippen LogP contribution is 2.11. The molecule has 0 saturated heterocycles. The van der Waals surface area contributed by atoms with Gasteiger partial charge in [-0.2, -0.15) is 0 Å². The smallest absolute Gasteiger partial charge is 0.246 e. The fraction of sp³-hybridized carbons (Fsp3) is 0.500. The van der Waals surface area contributed by atoms with E-state index in [1.807, 2.05) is 24.4 Å². The summed E-state index contributed by atoms with van der Waals surface area (Å²) in [4.78, 5) is 24.3. The van der Waals surface area contributed by atoms with Gasteiger partial charge in [-0.3, -0.25) is 9.59 Å². The average molecular weight is 270 g/mol. The van der Waals surface area contributed by atoms with Gasteiger partial charge in [-0.15, -0.1) is 11.3 Å². The van der Waals surface area contributed by atoms with Crippen molar-refractivity contribution in [2.75, 3.05) is 20.3 Å². The predicted octanol–water partition coefficient (Wildman–Crippen LogP) is 0.558. The van der Waals surface area contributed by atoms with Crippen molar-refractivity contribution in [2.45, 2.75) is 19.4 Å². The van der Waals surface area contributed by atoms with Gasteiger partial charge in [-0.25, -0.2) is 0 Å². The molecule has 100 valence electrons. The molecule has 0 saturated carbocycles. The fourth-order valence-corrected chi connectivity index (χ4v) is 2.20. The Labute approximate surface area is 111 Å². The molecule has 0 aliphatic carbocycles. The summed E-state index contributed by atoms with van der Waals surface area (Å²) in [7, 11) is 1.55. The Hall–Kier alpha value is -1.40. The van der Waals surface area contributed by atoms with E-state index in [4.69, 9.17) is 4.74 Å². The van der Waals surface area contributed by atoms with E-state index in [0.29, 0.717) is 13.0 Å². The van der Waals surface area contributed by atoms with Gasteiger partial charge in [0.1, 0.15) is 12.6 Å². The summed E-state index contributed by atoms with van der Waals surface area (Å²) in [6.45, 7) is 2.27. The Kier molecular flexibility index (Phi) is 6.38. The summed E-state index contributed by atoms with van der Waals surface area (Å²) in [5.41, 5.74) is 0. The van der Waals surface area contributed by atoms with Gasteiger partial charge >= 0.3 is 0 Å². The van der Waals surface area contributed by atoms with Crippen molar-refractivity contribution in [1.29, 1.82) is 0 Å². The lowest BCUT2D eigenvalue weighted by molar-refractivity contribution is -0.131. The number of rotatable bonds is 7. The molecule has 0 radical (unpaired) electrons. The Balaban J connectivity index is 2.55. The number of amides is 2. The monoisotopic (exact) mass is 270 g/mol. The summed E-state index contributed by atoms with van der Waals surface area (Å²) in [6, 6.07) is 3.31. The minimum absolute atomic E-state index is 0.0194. The van der Waals surface area contributed by atoms with Crippen LogP contribution in [0.4, 0.5) is 0 Å². The van der Waals surface area contributed by atoms with Crippen LogP contribution in [0.2, 0.25) is 0 Å². The third-order valence-corrected chi connectivity index (χ3v) is 3.22. The van der Waals surface area contributed by atoms with Gasteiger partial charge in [0.15, 0.2) is 0 Å². The average Bonchev–Trinajstić information content (AvgIpc) is 2.87. The molecular formula is C12H18N2O3S. The summed E-state index contributed by atoms with van der Waals surface area (Å²) in [5.74, 6) is -0.477. The first kappa shape index (κ1) is 14.7. The van der Waals surface area contributed by atoms with E-state index in [0.717, 1.165) is 4.88 Å². The van der Waals surface area contributed by atoms with Crippen molar-refractivity contribution in [1.82, 2.24) is 10.6 Å². The first-order chi connectivity index (χ1) is 8.67. The molecule has 0 spiro atoms. The van der Waals surface area contributed by atoms with Crippen LogP contribution >= 0.6 is 11.3 Å². The van der Waals surface area contributed by atoms with Gasteiger partial charge in [0, 0.05) is 25.0 Å². The highest BCUT2D eigenvalue weighted by molar-refractivity contribution is 7.09. The number of hydrogen-bond donors (Lipinski definition) is 2. The molecule has 0 aliphatic heterocycles. The van der Waals surface area contributed by atoms with Gasteiger partial charge in [0.25, 0.3) is 0 Å². The van der Waals surface area contributed by atoms with Crippen LogP contribution in [0.3, 0.4) is 0 Å². The maximum atomic E-state index is 11.7. The third-order valence-electron chi connectivity index (χ3n) is 2.32. The topological polar surface area (TPSA) is 67.4 Å². The van der Waals surface area contributed by atoms with E-state index in [-0.39, 0.29) is 18.4 Å². The highest BCUT2D eigenvalue weighted by Gasteiger charge is 2.20. The Morgan fingerprint density at radius 3 is 2.83 bits per heavy atom. The molecule has 2 N–H and O–H groups in total. The summed E-state index contributed by atoms with van der Waals surface area (Å²) < 4.78 is 5.00. The van der Waals surface area contributed by atoms with Gasteiger partial charge in [-0.1, -0.05) is 6.07 Å². The van der Waals surface area contributed by atoms with Crippen molar-refractivity contribution < 1.29 is 14.3 Å². The second-order valence-corrected chi connectivity index (χ2v) is 4.69. The zero-order valence-corrected chi connectivity index (χ0v) is 11.4. The highest BCUT2D eigenvalue weighted by atomic mass is 32.1. The number of carbonyl (C=O) groups excluding carboxylic acids is 2. The normalized spacial score (nSPS) is 11.9. The second-order valence-electron chi connectivity index (χ2n) is 3.65. The first-order valence-corrected chi connectivity index (χ1v) is 6.66. The molecule has 1 aromatic heterocycles. The molecule has 1 aromatic rings. The van der Waals surface area contributed by atoms with Crippen LogP contribution < -0.4 is 10.6 Å². The van der Waals surface area contributed by atoms with E-state index in [1.54, 1.807) is 18.4 Å². The molecular weight excluding hydrogens is 252 g/mol. The number of likely N-dealkylation sites (N-methyl/N-ethyl adjacent to an activating group) is 1. The molecule has 6 heteroatoms. The minimum atomic E-state index is -0.554. The van der Waals surface area contributed by atoms with Gasteiger partial charge in [0.2, 0.25) is 11.8 Å². The van der Waals surface area contributed by atoms with Crippen molar-refractivity contribution in [3.63, 3.8) is 0 Å². The zero-order chi connectivity index (χ0) is 13.4. The molecule has 1 rings (SSSR count). The lowest BCUT2D eigenvalue weighted by Gasteiger charge is -2.16. The predicted molar refractivity (Wildman–Crippen MR) is 70.5 cm³/mol. The van der Waals surface area contributed by atoms with E-state index in [1.165, 1.54) is 0 Å². The number of thiophene rings is 1. The van der Waals surface area contributed by atoms with Crippen molar-refractivity contribution in [3.05, 3.63) is 22.4 Å². The summed E-state index contributed by atoms with van der Waals surface area (Å²) in [5, 5.41) is 7.16. The van der Waals surface area contributed by atoms with E-state index in [9.17, 15) is 9.59 Å². The molecule has 0 fully saturated rings. The Morgan fingerprint density at radius 1 is 1.50 bits per heavy atom. The molecule has 18 heavy (non-hydrogen) atoms. The van der Waals surface area contributed by atoms with Crippen molar-refractivity contribution in [3.8, 4) is 0 Å². The molecule has 2 amide bonds. The van der Waals surface area contributed by atoms with Gasteiger partial charge in [-0.05, 0) is 18.4 Å². The second kappa shape index (κ2) is 7.84. The van der Waals surface area contributed by atoms with Crippen molar-refractivity contribution in [2.24, 2.45) is 0 Å². The quantitative estimate of drug-likeness (QED) is 0.760. The Bertz CT molecular complexity index is 379. The summed E-state index contributed by atoms with van der Waals surface area (Å²) >= 11 is 1.56. The van der Waals surface area contributed by atoms with Gasteiger partial charge < -0.3 is 15.4 Å². The summed E-state index contributed by atoms with van der Waals surface area (Å²) in [6.07, 6.45) is 0.495. The molecule has 0 unspecified atom stereocenters. The number of nitrogens with one attached hydrogen (secondary N) is 2. The maximum Gasteiger partial charge on any atom is 0.246 e. The number of hydrogen-bond acceptors (Lipinski definition) is 4. The van der Waals surface area contributed by atoms with E-state index < -0.39 is 6.04 Å². The van der Waals surface area contributed by atoms with Crippen LogP contribution in [-0.4, -0.2) is 38.1 Å². The lowest BCUT2D eigenvalue weighted by Crippen LogP contribution is -2.48. The van der Waals surface area contributed by atoms with Crippen LogP contribution in [0.15, 0.2) is 17.5 Å². The van der Waals surface area contributed by atoms with Crippen LogP contribution in [-0.2, 0) is 20.7 Å². The molecule has 1 heterocycles. The van der Waals surface area contributed by atoms with Crippen LogP contribution in [0.5, 0.6) is 0 Å². The van der Waals surface area contributed by atoms with Crippen LogP contribution in [0.25, 0.3) is 0 Å². The molecule has 0 aromatic carbocycles. The zero-order valence-electron chi connectivity index (χ0n) is 10.6. The van der Waals surface area contributed by atoms with Crippen LogP contribution in [0.1, 0.15) is 11.8 Å². The molecule has 0 aliphatic rings. The molecule has 5 nitrogen and oxygen atoms in total. The largest absolute Gasteiger partial charge is 0.372 e. The Morgan fingerprint density at radius 2 is 2.28 bits per heavy atom. The molecule has 1 atom stereocenters. The molecule has 0 bridgehead atoms. The fourth-order valence-electron chi connectivity index (χ4n) is 1.44. The minimum Gasteiger partial charge on any atom is -0.372 e. The van der Waals surface area contributed by atoms with Crippen LogP contribution in [0, 0.1) is 0 Å². The first-order valence-electron chi connectivity index (χ1n) is 5.78. The van der Waals surface area contributed by atoms with E-state index in [2.05, 4.69) is 10.6 Å². The number of ether oxygens (including phenoxy) is 1. The third kappa shape index (κ3) is 4.85. The SMILES string of the molecule is CCOCC(=O)N[C@@H](Cc1cccs1)C(=O)NC. The lowest BCUT2D eigenvalue weighted by atomic mass is 10.1. The number of carbonyl (C=O) groups is 2. The van der Waals surface area contributed by atoms with Gasteiger partial charge in [0.05, 0.1) is 0 Å².